The van der Waals surface area contributed by atoms with Gasteiger partial charge in [-0.3, -0.25) is 0 Å². The number of para-hydroxylation sites is 1. The van der Waals surface area contributed by atoms with Crippen molar-refractivity contribution in [3.8, 4) is 0 Å². The lowest BCUT2D eigenvalue weighted by molar-refractivity contribution is 0.0474. The molecule has 6 heteroatoms. The van der Waals surface area contributed by atoms with E-state index in [1.165, 1.54) is 6.07 Å². The summed E-state index contributed by atoms with van der Waals surface area (Å²) < 4.78 is 11.3. The van der Waals surface area contributed by atoms with Crippen molar-refractivity contribution in [1.82, 2.24) is 4.98 Å². The zero-order chi connectivity index (χ0) is 27.1. The van der Waals surface area contributed by atoms with E-state index in [1.54, 1.807) is 12.1 Å². The molecule has 0 saturated carbocycles. The van der Waals surface area contributed by atoms with Crippen LogP contribution < -0.4 is 5.63 Å². The Labute approximate surface area is 230 Å². The summed E-state index contributed by atoms with van der Waals surface area (Å²) in [6, 6.07) is 22.6. The van der Waals surface area contributed by atoms with Crippen LogP contribution >= 0.6 is 11.6 Å². The quantitative estimate of drug-likeness (QED) is 0.173. The SMILES string of the molecule is Cc1cc2oc(=O)cc(COC(=O)c3c4c(nc5ccccc35)/C(=C/c3ccccc3)CC(C)C4)c2cc1Cl. The van der Waals surface area contributed by atoms with Gasteiger partial charge >= 0.3 is 11.6 Å². The fraction of sp³-hybridized carbons (Fsp3) is 0.182. The van der Waals surface area contributed by atoms with Gasteiger partial charge in [0.25, 0.3) is 0 Å². The topological polar surface area (TPSA) is 69.4 Å². The summed E-state index contributed by atoms with van der Waals surface area (Å²) in [5.41, 5.74) is 6.45. The maximum absolute atomic E-state index is 13.8. The third-order valence-corrected chi connectivity index (χ3v) is 7.64. The van der Waals surface area contributed by atoms with Gasteiger partial charge in [-0.15, -0.1) is 0 Å². The maximum Gasteiger partial charge on any atom is 0.339 e. The smallest absolute Gasteiger partial charge is 0.339 e. The van der Waals surface area contributed by atoms with Gasteiger partial charge in [0, 0.05) is 27.4 Å². The normalized spacial score (nSPS) is 16.0. The van der Waals surface area contributed by atoms with Gasteiger partial charge in [0.2, 0.25) is 0 Å². The number of carbonyl (C=O) groups excluding carboxylic acids is 1. The van der Waals surface area contributed by atoms with Crippen LogP contribution in [0, 0.1) is 12.8 Å². The molecule has 2 heterocycles. The summed E-state index contributed by atoms with van der Waals surface area (Å²) in [6.45, 7) is 3.94. The van der Waals surface area contributed by atoms with E-state index in [9.17, 15) is 9.59 Å². The first-order chi connectivity index (χ1) is 18.9. The van der Waals surface area contributed by atoms with Crippen molar-refractivity contribution >= 4 is 51.1 Å². The van der Waals surface area contributed by atoms with Gasteiger partial charge in [0.05, 0.1) is 16.8 Å². The average molecular weight is 536 g/mol. The van der Waals surface area contributed by atoms with E-state index in [0.717, 1.165) is 51.7 Å². The van der Waals surface area contributed by atoms with Crippen molar-refractivity contribution in [2.75, 3.05) is 0 Å². The molecule has 6 rings (SSSR count). The number of rotatable bonds is 4. The third kappa shape index (κ3) is 4.86. The third-order valence-electron chi connectivity index (χ3n) is 7.23. The molecule has 1 aliphatic rings. The highest BCUT2D eigenvalue weighted by molar-refractivity contribution is 6.32. The highest BCUT2D eigenvalue weighted by atomic mass is 35.5. The van der Waals surface area contributed by atoms with Crippen LogP contribution in [0.3, 0.4) is 0 Å². The predicted molar refractivity (Wildman–Crippen MR) is 155 cm³/mol. The summed E-state index contributed by atoms with van der Waals surface area (Å²) in [5.74, 6) is -0.118. The van der Waals surface area contributed by atoms with Crippen molar-refractivity contribution in [3.63, 3.8) is 0 Å². The summed E-state index contributed by atoms with van der Waals surface area (Å²) in [5, 5.41) is 1.94. The molecule has 1 unspecified atom stereocenters. The summed E-state index contributed by atoms with van der Waals surface area (Å²) >= 11 is 6.35. The van der Waals surface area contributed by atoms with E-state index in [4.69, 9.17) is 25.7 Å². The number of hydrogen-bond acceptors (Lipinski definition) is 5. The fourth-order valence-electron chi connectivity index (χ4n) is 5.40. The number of carbonyl (C=O) groups is 1. The van der Waals surface area contributed by atoms with Crippen LogP contribution in [-0.4, -0.2) is 11.0 Å². The molecule has 0 amide bonds. The molecule has 0 fully saturated rings. The number of ether oxygens (including phenoxy) is 1. The van der Waals surface area contributed by atoms with E-state index in [2.05, 4.69) is 25.1 Å². The van der Waals surface area contributed by atoms with Crippen LogP contribution in [0.5, 0.6) is 0 Å². The Morgan fingerprint density at radius 3 is 2.64 bits per heavy atom. The second-order valence-corrected chi connectivity index (χ2v) is 10.6. The van der Waals surface area contributed by atoms with Crippen LogP contribution in [0.4, 0.5) is 0 Å². The molecule has 1 atom stereocenters. The molecule has 3 aromatic carbocycles. The number of allylic oxidation sites excluding steroid dienone is 1. The molecule has 5 nitrogen and oxygen atoms in total. The number of benzene rings is 3. The Morgan fingerprint density at radius 1 is 1.05 bits per heavy atom. The molecule has 1 aliphatic carbocycles. The van der Waals surface area contributed by atoms with Gasteiger partial charge < -0.3 is 9.15 Å². The van der Waals surface area contributed by atoms with Gasteiger partial charge in [-0.2, -0.15) is 0 Å². The minimum absolute atomic E-state index is 0.0893. The zero-order valence-electron chi connectivity index (χ0n) is 21.7. The summed E-state index contributed by atoms with van der Waals surface area (Å²) in [4.78, 5) is 31.1. The first kappa shape index (κ1) is 25.1. The number of hydrogen-bond donors (Lipinski definition) is 0. The van der Waals surface area contributed by atoms with Crippen LogP contribution in [-0.2, 0) is 17.8 Å². The van der Waals surface area contributed by atoms with Crippen LogP contribution in [0.15, 0.2) is 82.0 Å². The molecule has 0 radical (unpaired) electrons. The molecule has 0 bridgehead atoms. The monoisotopic (exact) mass is 535 g/mol. The van der Waals surface area contributed by atoms with E-state index in [1.807, 2.05) is 49.4 Å². The average Bonchev–Trinajstić information content (AvgIpc) is 2.92. The van der Waals surface area contributed by atoms with E-state index >= 15 is 0 Å². The van der Waals surface area contributed by atoms with E-state index in [0.29, 0.717) is 33.0 Å². The lowest BCUT2D eigenvalue weighted by Gasteiger charge is -2.26. The molecule has 2 aromatic heterocycles. The molecule has 0 N–H and O–H groups in total. The van der Waals surface area contributed by atoms with Crippen LogP contribution in [0.2, 0.25) is 5.02 Å². The summed E-state index contributed by atoms with van der Waals surface area (Å²) in [7, 11) is 0. The number of fused-ring (bicyclic) bond motifs is 3. The minimum atomic E-state index is -0.508. The number of halogens is 1. The number of pyridine rings is 1. The first-order valence-electron chi connectivity index (χ1n) is 12.9. The number of aromatic nitrogens is 1. The van der Waals surface area contributed by atoms with Gasteiger partial charge in [-0.05, 0) is 72.2 Å². The van der Waals surface area contributed by atoms with Gasteiger partial charge in [-0.25, -0.2) is 14.6 Å². The number of aryl methyl sites for hydroxylation is 1. The Bertz CT molecular complexity index is 1840. The fourth-order valence-corrected chi connectivity index (χ4v) is 5.57. The molecular weight excluding hydrogens is 510 g/mol. The molecule has 39 heavy (non-hydrogen) atoms. The molecule has 0 spiro atoms. The lowest BCUT2D eigenvalue weighted by atomic mass is 9.80. The Morgan fingerprint density at radius 2 is 1.82 bits per heavy atom. The lowest BCUT2D eigenvalue weighted by Crippen LogP contribution is -2.19. The molecule has 0 aliphatic heterocycles. The standard InChI is InChI=1S/C33H26ClNO4/c1-19-12-22(15-21-8-4-3-5-9-21)32-26(13-19)31(24-10-6-7-11-28(24)35-32)33(37)38-18-23-16-30(36)39-29-14-20(2)27(34)17-25(23)29/h3-11,14-17,19H,12-13,18H2,1-2H3/b22-15+. The van der Waals surface area contributed by atoms with Crippen molar-refractivity contribution in [2.24, 2.45) is 5.92 Å². The molecule has 194 valence electrons. The zero-order valence-corrected chi connectivity index (χ0v) is 22.4. The Balaban J connectivity index is 1.44. The van der Waals surface area contributed by atoms with Crippen molar-refractivity contribution in [2.45, 2.75) is 33.3 Å². The molecule has 5 aromatic rings. The highest BCUT2D eigenvalue weighted by Crippen LogP contribution is 2.39. The summed E-state index contributed by atoms with van der Waals surface area (Å²) in [6.07, 6.45) is 3.75. The first-order valence-corrected chi connectivity index (χ1v) is 13.3. The molecule has 0 saturated heterocycles. The number of nitrogens with zero attached hydrogens (tertiary/aromatic N) is 1. The number of esters is 1. The minimum Gasteiger partial charge on any atom is -0.457 e. The predicted octanol–water partition coefficient (Wildman–Crippen LogP) is 7.78. The van der Waals surface area contributed by atoms with Crippen LogP contribution in [0.1, 0.15) is 51.7 Å². The van der Waals surface area contributed by atoms with Crippen molar-refractivity contribution in [1.29, 1.82) is 0 Å². The highest BCUT2D eigenvalue weighted by Gasteiger charge is 2.29. The largest absolute Gasteiger partial charge is 0.457 e. The van der Waals surface area contributed by atoms with Crippen molar-refractivity contribution in [3.05, 3.63) is 122 Å². The Hall–Kier alpha value is -4.22. The van der Waals surface area contributed by atoms with Gasteiger partial charge in [0.15, 0.2) is 0 Å². The van der Waals surface area contributed by atoms with E-state index in [-0.39, 0.29) is 6.61 Å². The second kappa shape index (κ2) is 10.2. The van der Waals surface area contributed by atoms with Crippen LogP contribution in [0.25, 0.3) is 33.5 Å². The Kier molecular flexibility index (Phi) is 6.53. The van der Waals surface area contributed by atoms with Crippen molar-refractivity contribution < 1.29 is 13.9 Å². The maximum atomic E-state index is 13.8. The molecular formula is C33H26ClNO4. The second-order valence-electron chi connectivity index (χ2n) is 10.2. The van der Waals surface area contributed by atoms with Gasteiger partial charge in [0.1, 0.15) is 12.2 Å². The van der Waals surface area contributed by atoms with Gasteiger partial charge in [-0.1, -0.05) is 67.1 Å². The van der Waals surface area contributed by atoms with E-state index < -0.39 is 11.6 Å².